The Labute approximate surface area is 126 Å². The molecule has 2 N–H and O–H groups in total. The lowest BCUT2D eigenvalue weighted by Crippen LogP contribution is -2.26. The molecule has 1 atom stereocenters. The first-order chi connectivity index (χ1) is 9.87. The summed E-state index contributed by atoms with van der Waals surface area (Å²) in [6.45, 7) is 2.42. The molecule has 0 aliphatic carbocycles. The zero-order valence-electron chi connectivity index (χ0n) is 12.7. The highest BCUT2D eigenvalue weighted by molar-refractivity contribution is 7.89. The molecule has 1 saturated heterocycles. The summed E-state index contributed by atoms with van der Waals surface area (Å²) >= 11 is 0. The van der Waals surface area contributed by atoms with Crippen molar-refractivity contribution >= 4 is 21.4 Å². The van der Waals surface area contributed by atoms with Crippen LogP contribution < -0.4 is 10.6 Å². The van der Waals surface area contributed by atoms with E-state index < -0.39 is 10.0 Å². The summed E-state index contributed by atoms with van der Waals surface area (Å²) in [6.07, 6.45) is 1.03. The number of ether oxygens (including phenoxy) is 1. The quantitative estimate of drug-likeness (QED) is 0.821. The van der Waals surface area contributed by atoms with Crippen LogP contribution in [0.1, 0.15) is 6.42 Å². The zero-order chi connectivity index (χ0) is 15.6. The monoisotopic (exact) mass is 313 g/mol. The fourth-order valence-corrected chi connectivity index (χ4v) is 3.68. The highest BCUT2D eigenvalue weighted by atomic mass is 32.2. The van der Waals surface area contributed by atoms with Crippen LogP contribution >= 0.6 is 0 Å². The Hall–Kier alpha value is -1.31. The molecule has 21 heavy (non-hydrogen) atoms. The molecule has 1 aromatic rings. The largest absolute Gasteiger partial charge is 0.396 e. The number of hydrogen-bond acceptors (Lipinski definition) is 5. The second kappa shape index (κ2) is 6.21. The lowest BCUT2D eigenvalue weighted by Gasteiger charge is -2.23. The van der Waals surface area contributed by atoms with Gasteiger partial charge in [0.1, 0.15) is 4.90 Å². The Morgan fingerprint density at radius 1 is 1.43 bits per heavy atom. The number of para-hydroxylation sites is 1. The summed E-state index contributed by atoms with van der Waals surface area (Å²) in [5, 5.41) is 0. The van der Waals surface area contributed by atoms with E-state index in [0.717, 1.165) is 25.2 Å². The van der Waals surface area contributed by atoms with Crippen molar-refractivity contribution in [3.05, 3.63) is 18.2 Å². The second-order valence-electron chi connectivity index (χ2n) is 5.53. The lowest BCUT2D eigenvalue weighted by atomic mass is 10.1. The van der Waals surface area contributed by atoms with Gasteiger partial charge >= 0.3 is 0 Å². The molecule has 2 rings (SSSR count). The standard InChI is InChI=1S/C14H23N3O3S/c1-16(2)21(18,19)13-6-4-5-12(14(13)15)17-8-7-11(9-17)10-20-3/h4-6,11H,7-10,15H2,1-3H3. The van der Waals surface area contributed by atoms with Crippen molar-refractivity contribution in [1.29, 1.82) is 0 Å². The van der Waals surface area contributed by atoms with Gasteiger partial charge < -0.3 is 15.4 Å². The van der Waals surface area contributed by atoms with Gasteiger partial charge in [-0.3, -0.25) is 0 Å². The number of methoxy groups -OCH3 is 1. The van der Waals surface area contributed by atoms with Gasteiger partial charge in [0.15, 0.2) is 0 Å². The third kappa shape index (κ3) is 3.14. The van der Waals surface area contributed by atoms with E-state index in [4.69, 9.17) is 10.5 Å². The molecule has 0 saturated carbocycles. The molecule has 1 aromatic carbocycles. The smallest absolute Gasteiger partial charge is 0.244 e. The zero-order valence-corrected chi connectivity index (χ0v) is 13.6. The first-order valence-electron chi connectivity index (χ1n) is 6.92. The highest BCUT2D eigenvalue weighted by Gasteiger charge is 2.27. The van der Waals surface area contributed by atoms with Crippen molar-refractivity contribution < 1.29 is 13.2 Å². The second-order valence-corrected chi connectivity index (χ2v) is 7.65. The van der Waals surface area contributed by atoms with Crippen LogP contribution in [0.3, 0.4) is 0 Å². The summed E-state index contributed by atoms with van der Waals surface area (Å²) < 4.78 is 31.0. The summed E-state index contributed by atoms with van der Waals surface area (Å²) in [5.41, 5.74) is 7.24. The number of nitrogens with zero attached hydrogens (tertiary/aromatic N) is 2. The number of hydrogen-bond donors (Lipinski definition) is 1. The number of anilines is 2. The van der Waals surface area contributed by atoms with Crippen LogP contribution in [-0.4, -0.2) is 53.6 Å². The first-order valence-corrected chi connectivity index (χ1v) is 8.36. The molecule has 6 nitrogen and oxygen atoms in total. The van der Waals surface area contributed by atoms with Gasteiger partial charge in [-0.15, -0.1) is 0 Å². The molecule has 1 aliphatic rings. The van der Waals surface area contributed by atoms with Crippen LogP contribution in [0, 0.1) is 5.92 Å². The number of nitrogen functional groups attached to an aromatic ring is 1. The number of nitrogens with two attached hydrogens (primary N) is 1. The predicted octanol–water partition coefficient (Wildman–Crippen LogP) is 0.992. The molecule has 7 heteroatoms. The fraction of sp³-hybridized carbons (Fsp3) is 0.571. The Morgan fingerprint density at radius 2 is 2.14 bits per heavy atom. The van der Waals surface area contributed by atoms with Crippen LogP contribution in [0.4, 0.5) is 11.4 Å². The molecule has 0 bridgehead atoms. The Morgan fingerprint density at radius 3 is 2.76 bits per heavy atom. The number of rotatable bonds is 5. The summed E-state index contributed by atoms with van der Waals surface area (Å²) in [7, 11) is 1.18. The van der Waals surface area contributed by atoms with E-state index in [0.29, 0.717) is 18.2 Å². The van der Waals surface area contributed by atoms with Crippen molar-refractivity contribution in [3.8, 4) is 0 Å². The first kappa shape index (κ1) is 16.1. The van der Waals surface area contributed by atoms with E-state index >= 15 is 0 Å². The van der Waals surface area contributed by atoms with Crippen molar-refractivity contribution in [2.45, 2.75) is 11.3 Å². The summed E-state index contributed by atoms with van der Waals surface area (Å²) in [6, 6.07) is 5.17. The van der Waals surface area contributed by atoms with Gasteiger partial charge in [0.25, 0.3) is 0 Å². The predicted molar refractivity (Wildman–Crippen MR) is 83.9 cm³/mol. The van der Waals surface area contributed by atoms with Gasteiger partial charge in [-0.2, -0.15) is 0 Å². The van der Waals surface area contributed by atoms with E-state index in [1.54, 1.807) is 19.2 Å². The maximum absolute atomic E-state index is 12.3. The molecule has 0 amide bonds. The van der Waals surface area contributed by atoms with Gasteiger partial charge in [0, 0.05) is 40.2 Å². The SMILES string of the molecule is COCC1CCN(c2cccc(S(=O)(=O)N(C)C)c2N)C1. The number of benzene rings is 1. The van der Waals surface area contributed by atoms with Gasteiger partial charge in [0.2, 0.25) is 10.0 Å². The summed E-state index contributed by atoms with van der Waals surface area (Å²) in [4.78, 5) is 2.30. The normalized spacial score (nSPS) is 19.4. The molecular weight excluding hydrogens is 290 g/mol. The minimum Gasteiger partial charge on any atom is -0.396 e. The minimum absolute atomic E-state index is 0.167. The molecule has 0 aromatic heterocycles. The van der Waals surface area contributed by atoms with Crippen LogP contribution in [-0.2, 0) is 14.8 Å². The van der Waals surface area contributed by atoms with E-state index in [1.807, 2.05) is 6.07 Å². The molecule has 0 radical (unpaired) electrons. The van der Waals surface area contributed by atoms with Gasteiger partial charge in [-0.05, 0) is 18.6 Å². The van der Waals surface area contributed by atoms with E-state index in [1.165, 1.54) is 18.4 Å². The van der Waals surface area contributed by atoms with E-state index in [2.05, 4.69) is 4.90 Å². The van der Waals surface area contributed by atoms with Crippen LogP contribution in [0.2, 0.25) is 0 Å². The van der Waals surface area contributed by atoms with Gasteiger partial charge in [-0.25, -0.2) is 12.7 Å². The highest BCUT2D eigenvalue weighted by Crippen LogP contribution is 2.33. The molecule has 118 valence electrons. The van der Waals surface area contributed by atoms with E-state index in [-0.39, 0.29) is 4.90 Å². The molecular formula is C14H23N3O3S. The van der Waals surface area contributed by atoms with Crippen molar-refractivity contribution in [2.24, 2.45) is 5.92 Å². The molecule has 1 fully saturated rings. The fourth-order valence-electron chi connectivity index (χ4n) is 2.65. The lowest BCUT2D eigenvalue weighted by molar-refractivity contribution is 0.161. The van der Waals surface area contributed by atoms with Crippen molar-refractivity contribution in [2.75, 3.05) is 51.5 Å². The van der Waals surface area contributed by atoms with Crippen LogP contribution in [0.5, 0.6) is 0 Å². The summed E-state index contributed by atoms with van der Waals surface area (Å²) in [5.74, 6) is 0.462. The molecule has 0 spiro atoms. The maximum atomic E-state index is 12.3. The molecule has 1 unspecified atom stereocenters. The van der Waals surface area contributed by atoms with Gasteiger partial charge in [0.05, 0.1) is 18.0 Å². The minimum atomic E-state index is -3.53. The maximum Gasteiger partial charge on any atom is 0.244 e. The van der Waals surface area contributed by atoms with Crippen LogP contribution in [0.15, 0.2) is 23.1 Å². The Kier molecular flexibility index (Phi) is 4.75. The topological polar surface area (TPSA) is 75.9 Å². The third-order valence-corrected chi connectivity index (χ3v) is 5.70. The van der Waals surface area contributed by atoms with E-state index in [9.17, 15) is 8.42 Å². The number of sulfonamides is 1. The Balaban J connectivity index is 2.32. The molecule has 1 heterocycles. The van der Waals surface area contributed by atoms with Crippen LogP contribution in [0.25, 0.3) is 0 Å². The average molecular weight is 313 g/mol. The average Bonchev–Trinajstić information content (AvgIpc) is 2.87. The third-order valence-electron chi connectivity index (χ3n) is 3.83. The Bertz CT molecular complexity index is 601. The van der Waals surface area contributed by atoms with Gasteiger partial charge in [-0.1, -0.05) is 6.07 Å². The molecule has 1 aliphatic heterocycles. The van der Waals surface area contributed by atoms with Crippen molar-refractivity contribution in [1.82, 2.24) is 4.31 Å². The van der Waals surface area contributed by atoms with Crippen molar-refractivity contribution in [3.63, 3.8) is 0 Å².